The van der Waals surface area contributed by atoms with Crippen LogP contribution in [0.15, 0.2) is 12.2 Å². The number of allylic oxidation sites excluding steroid dienone is 1. The maximum Gasteiger partial charge on any atom is 0.171 e. The van der Waals surface area contributed by atoms with Crippen LogP contribution in [0, 0.1) is 11.8 Å². The number of rotatable bonds is 9. The average Bonchev–Trinajstić information content (AvgIpc) is 3.39. The molecule has 0 aromatic heterocycles. The summed E-state index contributed by atoms with van der Waals surface area (Å²) in [6.45, 7) is 4.90. The molecule has 0 aromatic carbocycles. The van der Waals surface area contributed by atoms with Crippen LogP contribution in [0.1, 0.15) is 58.8 Å². The SMILES string of the molecule is CCCCC(C)(F)C(O)C=CC1CCC2(OCCO2)C1CCC1SCCS1. The van der Waals surface area contributed by atoms with Gasteiger partial charge in [-0.15, -0.1) is 23.5 Å². The topological polar surface area (TPSA) is 38.7 Å². The molecule has 2 aliphatic heterocycles. The second-order valence-electron chi connectivity index (χ2n) is 8.28. The van der Waals surface area contributed by atoms with Gasteiger partial charge in [-0.2, -0.15) is 0 Å². The number of hydrogen-bond donors (Lipinski definition) is 1. The Balaban J connectivity index is 1.63. The minimum Gasteiger partial charge on any atom is -0.386 e. The van der Waals surface area contributed by atoms with Crippen molar-refractivity contribution in [2.45, 2.75) is 80.9 Å². The van der Waals surface area contributed by atoms with Crippen LogP contribution in [0.4, 0.5) is 4.39 Å². The van der Waals surface area contributed by atoms with Gasteiger partial charge in [0.05, 0.1) is 17.8 Å². The third kappa shape index (κ3) is 5.44. The summed E-state index contributed by atoms with van der Waals surface area (Å²) in [7, 11) is 0. The lowest BCUT2D eigenvalue weighted by Gasteiger charge is -2.32. The summed E-state index contributed by atoms with van der Waals surface area (Å²) in [6.07, 6.45) is 8.95. The molecule has 1 N–H and O–H groups in total. The molecule has 0 radical (unpaired) electrons. The Morgan fingerprint density at radius 2 is 1.96 bits per heavy atom. The molecule has 3 rings (SSSR count). The van der Waals surface area contributed by atoms with Gasteiger partial charge < -0.3 is 14.6 Å². The molecule has 156 valence electrons. The summed E-state index contributed by atoms with van der Waals surface area (Å²) < 4.78 is 27.6. The monoisotopic (exact) mass is 418 g/mol. The van der Waals surface area contributed by atoms with Crippen molar-refractivity contribution in [3.05, 3.63) is 12.2 Å². The van der Waals surface area contributed by atoms with Gasteiger partial charge in [0, 0.05) is 23.8 Å². The molecule has 3 aliphatic rings. The zero-order valence-electron chi connectivity index (χ0n) is 16.7. The summed E-state index contributed by atoms with van der Waals surface area (Å²) in [6, 6.07) is 0. The van der Waals surface area contributed by atoms with Crippen LogP contribution < -0.4 is 0 Å². The van der Waals surface area contributed by atoms with E-state index in [4.69, 9.17) is 9.47 Å². The predicted molar refractivity (Wildman–Crippen MR) is 113 cm³/mol. The highest BCUT2D eigenvalue weighted by atomic mass is 32.2. The van der Waals surface area contributed by atoms with E-state index in [9.17, 15) is 9.50 Å². The highest BCUT2D eigenvalue weighted by molar-refractivity contribution is 8.20. The number of unbranched alkanes of at least 4 members (excludes halogenated alkanes) is 1. The van der Waals surface area contributed by atoms with Crippen molar-refractivity contribution in [1.29, 1.82) is 0 Å². The Bertz CT molecular complexity index is 488. The molecule has 0 aromatic rings. The first-order chi connectivity index (χ1) is 13.0. The lowest BCUT2D eigenvalue weighted by Crippen LogP contribution is -2.37. The van der Waals surface area contributed by atoms with Crippen molar-refractivity contribution in [3.63, 3.8) is 0 Å². The van der Waals surface area contributed by atoms with Crippen LogP contribution in [0.25, 0.3) is 0 Å². The maximum absolute atomic E-state index is 14.7. The summed E-state index contributed by atoms with van der Waals surface area (Å²) in [5.41, 5.74) is -1.56. The van der Waals surface area contributed by atoms with Crippen molar-refractivity contribution in [2.24, 2.45) is 11.8 Å². The van der Waals surface area contributed by atoms with Crippen LogP contribution in [-0.4, -0.2) is 52.0 Å². The number of hydrogen-bond acceptors (Lipinski definition) is 5. The first kappa shape index (κ1) is 21.9. The smallest absolute Gasteiger partial charge is 0.171 e. The normalized spacial score (nSPS) is 31.9. The number of thioether (sulfide) groups is 2. The molecule has 0 bridgehead atoms. The lowest BCUT2D eigenvalue weighted by molar-refractivity contribution is -0.185. The van der Waals surface area contributed by atoms with Crippen molar-refractivity contribution >= 4 is 23.5 Å². The number of alkyl halides is 1. The van der Waals surface area contributed by atoms with Gasteiger partial charge in [0.1, 0.15) is 11.8 Å². The van der Waals surface area contributed by atoms with E-state index in [1.165, 1.54) is 24.9 Å². The van der Waals surface area contributed by atoms with Gasteiger partial charge in [0.15, 0.2) is 5.79 Å². The van der Waals surface area contributed by atoms with E-state index in [1.54, 1.807) is 6.08 Å². The second kappa shape index (κ2) is 9.84. The molecular weight excluding hydrogens is 383 g/mol. The van der Waals surface area contributed by atoms with Gasteiger partial charge in [-0.3, -0.25) is 0 Å². The van der Waals surface area contributed by atoms with Crippen LogP contribution >= 0.6 is 23.5 Å². The minimum absolute atomic E-state index is 0.288. The summed E-state index contributed by atoms with van der Waals surface area (Å²) in [4.78, 5) is 0. The maximum atomic E-state index is 14.7. The number of aliphatic hydroxyl groups excluding tert-OH is 1. The van der Waals surface area contributed by atoms with Crippen LogP contribution in [0.2, 0.25) is 0 Å². The van der Waals surface area contributed by atoms with Gasteiger partial charge in [0.2, 0.25) is 0 Å². The summed E-state index contributed by atoms with van der Waals surface area (Å²) >= 11 is 4.12. The standard InChI is InChI=1S/C21H35FO3S2/c1-3-4-10-20(2,22)18(23)7-5-16-9-11-21(24-12-13-25-21)17(16)6-8-19-26-14-15-27-19/h5,7,16-19,23H,3-4,6,8-15H2,1-2H3. The summed E-state index contributed by atoms with van der Waals surface area (Å²) in [5.74, 6) is 2.64. The van der Waals surface area contributed by atoms with Crippen molar-refractivity contribution < 1.29 is 19.0 Å². The van der Waals surface area contributed by atoms with E-state index in [1.807, 2.05) is 13.0 Å². The van der Waals surface area contributed by atoms with E-state index in [-0.39, 0.29) is 5.92 Å². The highest BCUT2D eigenvalue weighted by Crippen LogP contribution is 2.50. The molecule has 1 spiro atoms. The van der Waals surface area contributed by atoms with Gasteiger partial charge in [-0.05, 0) is 38.5 Å². The van der Waals surface area contributed by atoms with Crippen LogP contribution in [0.5, 0.6) is 0 Å². The Hall–Kier alpha value is 0.250. The Kier molecular flexibility index (Phi) is 7.99. The number of ether oxygens (including phenoxy) is 2. The molecule has 6 heteroatoms. The van der Waals surface area contributed by atoms with Crippen molar-refractivity contribution in [1.82, 2.24) is 0 Å². The van der Waals surface area contributed by atoms with Crippen LogP contribution in [0.3, 0.4) is 0 Å². The zero-order chi connectivity index (χ0) is 19.3. The molecule has 1 aliphatic carbocycles. The van der Waals surface area contributed by atoms with Gasteiger partial charge in [0.25, 0.3) is 0 Å². The van der Waals surface area contributed by atoms with E-state index in [0.717, 1.165) is 32.1 Å². The van der Waals surface area contributed by atoms with Crippen LogP contribution in [-0.2, 0) is 9.47 Å². The van der Waals surface area contributed by atoms with E-state index in [0.29, 0.717) is 30.1 Å². The van der Waals surface area contributed by atoms with Gasteiger partial charge >= 0.3 is 0 Å². The fourth-order valence-corrected chi connectivity index (χ4v) is 7.45. The average molecular weight is 419 g/mol. The Labute approximate surface area is 172 Å². The third-order valence-corrected chi connectivity index (χ3v) is 9.43. The molecule has 0 amide bonds. The quantitative estimate of drug-likeness (QED) is 0.523. The molecule has 27 heavy (non-hydrogen) atoms. The molecule has 2 saturated heterocycles. The zero-order valence-corrected chi connectivity index (χ0v) is 18.3. The van der Waals surface area contributed by atoms with E-state index >= 15 is 0 Å². The Morgan fingerprint density at radius 1 is 1.26 bits per heavy atom. The fraction of sp³-hybridized carbons (Fsp3) is 0.905. The highest BCUT2D eigenvalue weighted by Gasteiger charge is 2.51. The van der Waals surface area contributed by atoms with Gasteiger partial charge in [-0.25, -0.2) is 4.39 Å². The second-order valence-corrected chi connectivity index (χ2v) is 11.2. The molecule has 4 unspecified atom stereocenters. The molecule has 4 atom stereocenters. The fourth-order valence-electron chi connectivity index (χ4n) is 4.58. The largest absolute Gasteiger partial charge is 0.386 e. The summed E-state index contributed by atoms with van der Waals surface area (Å²) in [5, 5.41) is 10.4. The molecular formula is C21H35FO3S2. The molecule has 2 heterocycles. The third-order valence-electron chi connectivity index (χ3n) is 6.26. The number of aliphatic hydroxyl groups is 1. The van der Waals surface area contributed by atoms with E-state index in [2.05, 4.69) is 23.5 Å². The van der Waals surface area contributed by atoms with Crippen molar-refractivity contribution in [3.8, 4) is 0 Å². The van der Waals surface area contributed by atoms with Gasteiger partial charge in [-0.1, -0.05) is 31.9 Å². The minimum atomic E-state index is -1.56. The van der Waals surface area contributed by atoms with Crippen molar-refractivity contribution in [2.75, 3.05) is 24.7 Å². The lowest BCUT2D eigenvalue weighted by atomic mass is 9.87. The first-order valence-electron chi connectivity index (χ1n) is 10.5. The first-order valence-corrected chi connectivity index (χ1v) is 12.6. The van der Waals surface area contributed by atoms with E-state index < -0.39 is 17.6 Å². The predicted octanol–water partition coefficient (Wildman–Crippen LogP) is 5.18. The number of halogens is 1. The molecule has 3 fully saturated rings. The molecule has 3 nitrogen and oxygen atoms in total. The molecule has 1 saturated carbocycles. The Morgan fingerprint density at radius 3 is 2.63 bits per heavy atom.